The fourth-order valence-electron chi connectivity index (χ4n) is 3.44. The molecule has 2 aliphatic rings. The molecule has 6 nitrogen and oxygen atoms in total. The minimum absolute atomic E-state index is 0.215. The standard InChI is InChI=1S/C22H22F5N3O3/c23-15-4-5-18(17(24)12-15)28-19(31)13-20(32)30-10-6-16(7-11-30)29-33-14-21(22(25,26)27)8-2-1-3-9-21/h1-5,8,12H,6-7,9-11,13-14H2,(H,28,31). The zero-order valence-corrected chi connectivity index (χ0v) is 17.5. The number of anilines is 1. The average molecular weight is 471 g/mol. The van der Waals surface area contributed by atoms with Crippen molar-refractivity contribution in [2.75, 3.05) is 25.0 Å². The Kier molecular flexibility index (Phi) is 7.50. The number of carbonyl (C=O) groups is 2. The topological polar surface area (TPSA) is 71.0 Å². The van der Waals surface area contributed by atoms with Gasteiger partial charge in [0.2, 0.25) is 11.8 Å². The maximum absolute atomic E-state index is 13.6. The van der Waals surface area contributed by atoms with Crippen LogP contribution in [0.15, 0.2) is 47.7 Å². The summed E-state index contributed by atoms with van der Waals surface area (Å²) in [5.41, 5.74) is -1.84. The largest absolute Gasteiger partial charge is 0.401 e. The SMILES string of the molecule is O=C(CC(=O)N1CCC(=NOCC2(C(F)(F)F)C=CC=CC2)CC1)Nc1ccc(F)cc1F. The Morgan fingerprint density at radius 1 is 1.15 bits per heavy atom. The van der Waals surface area contributed by atoms with Crippen LogP contribution in [-0.4, -0.2) is 48.3 Å². The first-order valence-electron chi connectivity index (χ1n) is 10.2. The Morgan fingerprint density at radius 2 is 1.88 bits per heavy atom. The molecule has 1 aliphatic heterocycles. The normalized spacial score (nSPS) is 20.5. The van der Waals surface area contributed by atoms with Crippen LogP contribution in [0, 0.1) is 17.0 Å². The second-order valence-electron chi connectivity index (χ2n) is 7.81. The van der Waals surface area contributed by atoms with Gasteiger partial charge in [0.15, 0.2) is 0 Å². The number of oxime groups is 1. The number of likely N-dealkylation sites (tertiary alicyclic amines) is 1. The van der Waals surface area contributed by atoms with Crippen molar-refractivity contribution in [3.05, 3.63) is 54.1 Å². The summed E-state index contributed by atoms with van der Waals surface area (Å²) in [6.07, 6.45) is 0.687. The number of allylic oxidation sites excluding steroid dienone is 3. The molecule has 0 aromatic heterocycles. The van der Waals surface area contributed by atoms with Crippen molar-refractivity contribution in [2.45, 2.75) is 31.9 Å². The lowest BCUT2D eigenvalue weighted by atomic mass is 9.82. The third-order valence-corrected chi connectivity index (χ3v) is 5.44. The van der Waals surface area contributed by atoms with Crippen LogP contribution in [0.1, 0.15) is 25.7 Å². The van der Waals surface area contributed by atoms with Crippen molar-refractivity contribution >= 4 is 23.2 Å². The van der Waals surface area contributed by atoms with Gasteiger partial charge in [0, 0.05) is 32.0 Å². The molecule has 33 heavy (non-hydrogen) atoms. The summed E-state index contributed by atoms with van der Waals surface area (Å²) in [6.45, 7) is -0.220. The summed E-state index contributed by atoms with van der Waals surface area (Å²) in [7, 11) is 0. The fraction of sp³-hybridized carbons (Fsp3) is 0.409. The Balaban J connectivity index is 1.46. The average Bonchev–Trinajstić information content (AvgIpc) is 2.76. The van der Waals surface area contributed by atoms with Crippen molar-refractivity contribution in [3.63, 3.8) is 0 Å². The summed E-state index contributed by atoms with van der Waals surface area (Å²) in [5, 5.41) is 6.05. The molecular formula is C22H22F5N3O3. The van der Waals surface area contributed by atoms with Gasteiger partial charge in [-0.15, -0.1) is 0 Å². The maximum atomic E-state index is 13.6. The summed E-state index contributed by atoms with van der Waals surface area (Å²) in [4.78, 5) is 30.8. The van der Waals surface area contributed by atoms with Crippen molar-refractivity contribution in [2.24, 2.45) is 10.6 Å². The van der Waals surface area contributed by atoms with E-state index in [2.05, 4.69) is 10.5 Å². The summed E-state index contributed by atoms with van der Waals surface area (Å²) in [5.74, 6) is -3.00. The van der Waals surface area contributed by atoms with E-state index in [9.17, 15) is 31.5 Å². The van der Waals surface area contributed by atoms with Crippen LogP contribution >= 0.6 is 0 Å². The number of carbonyl (C=O) groups excluding carboxylic acids is 2. The summed E-state index contributed by atoms with van der Waals surface area (Å²) in [6, 6.07) is 2.65. The van der Waals surface area contributed by atoms with E-state index in [0.717, 1.165) is 18.2 Å². The number of amides is 2. The van der Waals surface area contributed by atoms with E-state index in [1.54, 1.807) is 6.08 Å². The molecule has 1 aromatic carbocycles. The molecule has 1 heterocycles. The van der Waals surface area contributed by atoms with E-state index in [1.807, 2.05) is 0 Å². The van der Waals surface area contributed by atoms with Crippen LogP contribution in [0.25, 0.3) is 0 Å². The molecule has 1 aromatic rings. The van der Waals surface area contributed by atoms with Gasteiger partial charge < -0.3 is 15.1 Å². The van der Waals surface area contributed by atoms with E-state index in [-0.39, 0.29) is 38.0 Å². The number of piperidine rings is 1. The Hall–Kier alpha value is -3.24. The van der Waals surface area contributed by atoms with Gasteiger partial charge >= 0.3 is 6.18 Å². The Morgan fingerprint density at radius 3 is 2.48 bits per heavy atom. The van der Waals surface area contributed by atoms with Gasteiger partial charge in [0.25, 0.3) is 0 Å². The highest BCUT2D eigenvalue weighted by atomic mass is 19.4. The van der Waals surface area contributed by atoms with Gasteiger partial charge in [0.1, 0.15) is 30.1 Å². The molecule has 3 rings (SSSR count). The number of nitrogens with zero attached hydrogens (tertiary/aromatic N) is 2. The molecular weight excluding hydrogens is 449 g/mol. The molecule has 178 valence electrons. The third-order valence-electron chi connectivity index (χ3n) is 5.44. The van der Waals surface area contributed by atoms with Gasteiger partial charge in [-0.2, -0.15) is 13.2 Å². The zero-order chi connectivity index (χ0) is 24.1. The monoisotopic (exact) mass is 471 g/mol. The zero-order valence-electron chi connectivity index (χ0n) is 17.5. The minimum atomic E-state index is -4.48. The number of nitrogens with one attached hydrogen (secondary N) is 1. The molecule has 1 unspecified atom stereocenters. The predicted octanol–water partition coefficient (Wildman–Crippen LogP) is 4.35. The first kappa shape index (κ1) is 24.4. The molecule has 1 aliphatic carbocycles. The minimum Gasteiger partial charge on any atom is -0.395 e. The Labute approximate surface area is 186 Å². The number of hydrogen-bond acceptors (Lipinski definition) is 4. The first-order chi connectivity index (χ1) is 15.6. The van der Waals surface area contributed by atoms with E-state index >= 15 is 0 Å². The number of rotatable bonds is 6. The van der Waals surface area contributed by atoms with Crippen LogP contribution in [0.4, 0.5) is 27.6 Å². The van der Waals surface area contributed by atoms with Crippen LogP contribution in [0.2, 0.25) is 0 Å². The van der Waals surface area contributed by atoms with Crippen LogP contribution in [-0.2, 0) is 14.4 Å². The number of benzene rings is 1. The van der Waals surface area contributed by atoms with E-state index in [0.29, 0.717) is 11.8 Å². The molecule has 1 saturated heterocycles. The molecule has 1 N–H and O–H groups in total. The smallest absolute Gasteiger partial charge is 0.395 e. The number of hydrogen-bond donors (Lipinski definition) is 1. The lowest BCUT2D eigenvalue weighted by molar-refractivity contribution is -0.220. The van der Waals surface area contributed by atoms with Crippen LogP contribution in [0.5, 0.6) is 0 Å². The van der Waals surface area contributed by atoms with Crippen molar-refractivity contribution in [3.8, 4) is 0 Å². The second-order valence-corrected chi connectivity index (χ2v) is 7.81. The maximum Gasteiger partial charge on any atom is 0.401 e. The highest BCUT2D eigenvalue weighted by molar-refractivity contribution is 6.04. The van der Waals surface area contributed by atoms with E-state index in [1.165, 1.54) is 17.1 Å². The molecule has 0 saturated carbocycles. The van der Waals surface area contributed by atoms with E-state index in [4.69, 9.17) is 4.84 Å². The molecule has 0 bridgehead atoms. The quantitative estimate of drug-likeness (QED) is 0.381. The van der Waals surface area contributed by atoms with Gasteiger partial charge in [-0.3, -0.25) is 9.59 Å². The summed E-state index contributed by atoms with van der Waals surface area (Å²) < 4.78 is 66.9. The molecule has 0 spiro atoms. The van der Waals surface area contributed by atoms with Crippen LogP contribution < -0.4 is 5.32 Å². The number of halogens is 5. The van der Waals surface area contributed by atoms with Crippen molar-refractivity contribution < 1.29 is 36.4 Å². The molecule has 0 radical (unpaired) electrons. The third kappa shape index (κ3) is 6.17. The lowest BCUT2D eigenvalue weighted by Crippen LogP contribution is -2.41. The second kappa shape index (κ2) is 10.1. The number of alkyl halides is 3. The molecule has 11 heteroatoms. The lowest BCUT2D eigenvalue weighted by Gasteiger charge is -2.32. The Bertz CT molecular complexity index is 980. The van der Waals surface area contributed by atoms with Gasteiger partial charge in [-0.25, -0.2) is 8.78 Å². The highest BCUT2D eigenvalue weighted by Gasteiger charge is 2.53. The van der Waals surface area contributed by atoms with Crippen molar-refractivity contribution in [1.82, 2.24) is 4.90 Å². The summed E-state index contributed by atoms with van der Waals surface area (Å²) >= 11 is 0. The van der Waals surface area contributed by atoms with Crippen molar-refractivity contribution in [1.29, 1.82) is 0 Å². The van der Waals surface area contributed by atoms with E-state index < -0.39 is 48.1 Å². The van der Waals surface area contributed by atoms with Gasteiger partial charge in [-0.05, 0) is 18.6 Å². The predicted molar refractivity (Wildman–Crippen MR) is 110 cm³/mol. The highest BCUT2D eigenvalue weighted by Crippen LogP contribution is 2.44. The van der Waals surface area contributed by atoms with Gasteiger partial charge in [0.05, 0.1) is 11.4 Å². The molecule has 1 atom stereocenters. The molecule has 1 fully saturated rings. The fourth-order valence-corrected chi connectivity index (χ4v) is 3.44. The van der Waals surface area contributed by atoms with Gasteiger partial charge in [-0.1, -0.05) is 29.5 Å². The van der Waals surface area contributed by atoms with Crippen LogP contribution in [0.3, 0.4) is 0 Å². The molecule has 2 amide bonds. The first-order valence-corrected chi connectivity index (χ1v) is 10.2.